The van der Waals surface area contributed by atoms with E-state index in [1.807, 2.05) is 30.3 Å². The van der Waals surface area contributed by atoms with Gasteiger partial charge >= 0.3 is 0 Å². The van der Waals surface area contributed by atoms with Crippen molar-refractivity contribution in [3.05, 3.63) is 46.5 Å². The van der Waals surface area contributed by atoms with E-state index in [0.717, 1.165) is 27.3 Å². The second kappa shape index (κ2) is 5.17. The van der Waals surface area contributed by atoms with Crippen LogP contribution in [0.1, 0.15) is 15.9 Å². The van der Waals surface area contributed by atoms with Crippen molar-refractivity contribution in [3.63, 3.8) is 0 Å². The zero-order valence-corrected chi connectivity index (χ0v) is 17.4. The van der Waals surface area contributed by atoms with Crippen molar-refractivity contribution >= 4 is 43.9 Å². The van der Waals surface area contributed by atoms with Gasteiger partial charge in [-0.25, -0.2) is 0 Å². The molecular weight excluding hydrogens is 336 g/mol. The monoisotopic (exact) mass is 358 g/mol. The van der Waals surface area contributed by atoms with E-state index in [4.69, 9.17) is 11.6 Å². The highest BCUT2D eigenvalue weighted by molar-refractivity contribution is 7.00. The van der Waals surface area contributed by atoms with Gasteiger partial charge in [0.15, 0.2) is 5.78 Å². The summed E-state index contributed by atoms with van der Waals surface area (Å²) in [7, 11) is -3.38. The lowest BCUT2D eigenvalue weighted by Gasteiger charge is -2.31. The predicted molar refractivity (Wildman–Crippen MR) is 106 cm³/mol. The maximum atomic E-state index is 13.1. The fraction of sp³-hybridized carbons (Fsp3) is 0.316. The second-order valence-electron chi connectivity index (χ2n) is 8.41. The van der Waals surface area contributed by atoms with Crippen LogP contribution in [-0.4, -0.2) is 21.9 Å². The van der Waals surface area contributed by atoms with E-state index in [-0.39, 0.29) is 5.78 Å². The molecule has 0 spiro atoms. The lowest BCUT2D eigenvalue weighted by molar-refractivity contribution is 0.104. The third-order valence-electron chi connectivity index (χ3n) is 4.47. The lowest BCUT2D eigenvalue weighted by Crippen LogP contribution is -2.58. The molecule has 1 aliphatic rings. The summed E-state index contributed by atoms with van der Waals surface area (Å²) in [5.74, 6) is 0.184. The summed E-state index contributed by atoms with van der Waals surface area (Å²) >= 11 is 6.76. The maximum Gasteiger partial charge on any atom is 0.194 e. The van der Waals surface area contributed by atoms with E-state index in [2.05, 4.69) is 39.3 Å². The van der Waals surface area contributed by atoms with Gasteiger partial charge in [0.1, 0.15) is 0 Å². The molecule has 4 heteroatoms. The van der Waals surface area contributed by atoms with Crippen LogP contribution in [0.5, 0.6) is 0 Å². The molecule has 1 aliphatic carbocycles. The molecule has 0 radical (unpaired) electrons. The Morgan fingerprint density at radius 2 is 1.30 bits per heavy atom. The molecule has 23 heavy (non-hydrogen) atoms. The number of rotatable bonds is 2. The first-order valence-corrected chi connectivity index (χ1v) is 15.4. The van der Waals surface area contributed by atoms with Crippen molar-refractivity contribution in [1.29, 1.82) is 0 Å². The molecule has 0 heterocycles. The average molecular weight is 359 g/mol. The van der Waals surface area contributed by atoms with E-state index in [1.54, 1.807) is 0 Å². The Morgan fingerprint density at radius 3 is 1.83 bits per heavy atom. The molecule has 2 aromatic carbocycles. The first kappa shape index (κ1) is 16.7. The molecule has 120 valence electrons. The van der Waals surface area contributed by atoms with Crippen LogP contribution in [0, 0.1) is 0 Å². The minimum absolute atomic E-state index is 0.184. The minimum Gasteiger partial charge on any atom is -0.289 e. The Morgan fingerprint density at radius 1 is 0.783 bits per heavy atom. The highest BCUT2D eigenvalue weighted by atomic mass is 35.5. The Kier molecular flexibility index (Phi) is 3.75. The summed E-state index contributed by atoms with van der Waals surface area (Å²) in [4.78, 5) is 13.1. The first-order chi connectivity index (χ1) is 10.5. The maximum absolute atomic E-state index is 13.1. The summed E-state index contributed by atoms with van der Waals surface area (Å²) in [5, 5.41) is 3.43. The summed E-state index contributed by atoms with van der Waals surface area (Å²) in [6, 6.07) is 9.96. The largest absolute Gasteiger partial charge is 0.289 e. The fourth-order valence-corrected chi connectivity index (χ4v) is 10.6. The SMILES string of the molecule is C[Si](C)(C)c1c(Cl)cc2c(c1[Si](C)(C)C)C(=O)c1ccccc1-2. The van der Waals surface area contributed by atoms with Crippen molar-refractivity contribution in [1.82, 2.24) is 0 Å². The molecule has 0 atom stereocenters. The molecule has 0 amide bonds. The molecule has 2 aromatic rings. The standard InChI is InChI=1S/C19H23ClOSi2/c1-22(2,3)18-15(20)11-14-12-9-7-8-10-13(12)17(21)16(14)19(18)23(4,5)6/h7-11H,1-6H3. The number of carbonyl (C=O) groups is 1. The van der Waals surface area contributed by atoms with E-state index in [0.29, 0.717) is 0 Å². The van der Waals surface area contributed by atoms with Gasteiger partial charge in [-0.1, -0.05) is 75.1 Å². The number of benzene rings is 2. The van der Waals surface area contributed by atoms with Crippen LogP contribution >= 0.6 is 11.6 Å². The molecule has 0 aromatic heterocycles. The minimum atomic E-state index is -1.73. The van der Waals surface area contributed by atoms with Gasteiger partial charge in [0.25, 0.3) is 0 Å². The Balaban J connectivity index is 2.48. The zero-order valence-electron chi connectivity index (χ0n) is 14.7. The first-order valence-electron chi connectivity index (χ1n) is 8.05. The van der Waals surface area contributed by atoms with Crippen LogP contribution in [0.15, 0.2) is 30.3 Å². The Labute approximate surface area is 145 Å². The van der Waals surface area contributed by atoms with Crippen molar-refractivity contribution in [2.24, 2.45) is 0 Å². The van der Waals surface area contributed by atoms with Gasteiger partial charge in [-0.15, -0.1) is 0 Å². The summed E-state index contributed by atoms with van der Waals surface area (Å²) in [5.41, 5.74) is 3.84. The quantitative estimate of drug-likeness (QED) is 0.610. The smallest absolute Gasteiger partial charge is 0.194 e. The average Bonchev–Trinajstić information content (AvgIpc) is 2.69. The van der Waals surface area contributed by atoms with Crippen LogP contribution in [0.4, 0.5) is 0 Å². The second-order valence-corrected chi connectivity index (χ2v) is 18.8. The zero-order chi connectivity index (χ0) is 17.2. The van der Waals surface area contributed by atoms with E-state index < -0.39 is 16.1 Å². The summed E-state index contributed by atoms with van der Waals surface area (Å²) < 4.78 is 0. The normalized spacial score (nSPS) is 14.0. The van der Waals surface area contributed by atoms with Gasteiger partial charge in [0.05, 0.1) is 16.1 Å². The highest BCUT2D eigenvalue weighted by Gasteiger charge is 2.39. The van der Waals surface area contributed by atoms with E-state index in [9.17, 15) is 4.79 Å². The van der Waals surface area contributed by atoms with Gasteiger partial charge < -0.3 is 0 Å². The third kappa shape index (κ3) is 2.55. The molecule has 0 aliphatic heterocycles. The van der Waals surface area contributed by atoms with Crippen LogP contribution in [-0.2, 0) is 0 Å². The molecular formula is C19H23ClOSi2. The van der Waals surface area contributed by atoms with Gasteiger partial charge in [0, 0.05) is 16.1 Å². The number of fused-ring (bicyclic) bond motifs is 3. The predicted octanol–water partition coefficient (Wildman–Crippen LogP) is 4.64. The third-order valence-corrected chi connectivity index (χ3v) is 9.19. The van der Waals surface area contributed by atoms with Crippen LogP contribution < -0.4 is 10.4 Å². The number of carbonyl (C=O) groups excluding carboxylic acids is 1. The number of ketones is 1. The molecule has 0 N–H and O–H groups in total. The number of hydrogen-bond donors (Lipinski definition) is 0. The van der Waals surface area contributed by atoms with Crippen molar-refractivity contribution in [2.75, 3.05) is 0 Å². The van der Waals surface area contributed by atoms with E-state index in [1.165, 1.54) is 10.4 Å². The van der Waals surface area contributed by atoms with Crippen LogP contribution in [0.2, 0.25) is 44.3 Å². The van der Waals surface area contributed by atoms with Gasteiger partial charge in [0.2, 0.25) is 0 Å². The number of hydrogen-bond acceptors (Lipinski definition) is 1. The van der Waals surface area contributed by atoms with Crippen molar-refractivity contribution in [2.45, 2.75) is 39.3 Å². The molecule has 0 saturated heterocycles. The topological polar surface area (TPSA) is 17.1 Å². The molecule has 1 nitrogen and oxygen atoms in total. The molecule has 3 rings (SSSR count). The molecule has 0 fully saturated rings. The van der Waals surface area contributed by atoms with Gasteiger partial charge in [-0.05, 0) is 27.6 Å². The van der Waals surface area contributed by atoms with Crippen molar-refractivity contribution in [3.8, 4) is 11.1 Å². The molecule has 0 bridgehead atoms. The highest BCUT2D eigenvalue weighted by Crippen LogP contribution is 2.38. The Hall–Kier alpha value is -1.17. The molecule has 0 saturated carbocycles. The lowest BCUT2D eigenvalue weighted by atomic mass is 10.1. The van der Waals surface area contributed by atoms with E-state index >= 15 is 0 Å². The fourth-order valence-electron chi connectivity index (χ4n) is 3.63. The van der Waals surface area contributed by atoms with Gasteiger partial charge in [-0.2, -0.15) is 0 Å². The number of halogens is 1. The Bertz CT molecular complexity index is 826. The molecule has 0 unspecified atom stereocenters. The van der Waals surface area contributed by atoms with Crippen LogP contribution in [0.3, 0.4) is 0 Å². The van der Waals surface area contributed by atoms with Crippen molar-refractivity contribution < 1.29 is 4.79 Å². The van der Waals surface area contributed by atoms with Gasteiger partial charge in [-0.3, -0.25) is 4.79 Å². The summed E-state index contributed by atoms with van der Waals surface area (Å²) in [6.45, 7) is 13.9. The van der Waals surface area contributed by atoms with Crippen LogP contribution in [0.25, 0.3) is 11.1 Å². The summed E-state index contributed by atoms with van der Waals surface area (Å²) in [6.07, 6.45) is 0.